The van der Waals surface area contributed by atoms with Crippen LogP contribution in [-0.2, 0) is 11.3 Å². The number of carbonyl (C=O) groups excluding carboxylic acids is 1. The van der Waals surface area contributed by atoms with Crippen LogP contribution in [0.2, 0.25) is 0 Å². The van der Waals surface area contributed by atoms with E-state index in [1.807, 2.05) is 71.3 Å². The summed E-state index contributed by atoms with van der Waals surface area (Å²) in [5.74, 6) is 1.82. The third-order valence-electron chi connectivity index (χ3n) is 5.60. The third kappa shape index (κ3) is 4.96. The predicted molar refractivity (Wildman–Crippen MR) is 131 cm³/mol. The Morgan fingerprint density at radius 3 is 2.55 bits per heavy atom. The number of nitrogens with zero attached hydrogens (tertiary/aromatic N) is 4. The molecule has 5 rings (SSSR count). The molecule has 168 valence electrons. The first-order chi connectivity index (χ1) is 16.3. The largest absolute Gasteiger partial charge is 0.467 e. The molecule has 1 saturated heterocycles. The average Bonchev–Trinajstić information content (AvgIpc) is 3.62. The van der Waals surface area contributed by atoms with Crippen LogP contribution in [-0.4, -0.2) is 39.5 Å². The van der Waals surface area contributed by atoms with Gasteiger partial charge in [0.05, 0.1) is 18.6 Å². The minimum atomic E-state index is -0.0846. The normalized spacial score (nSPS) is 13.4. The highest BCUT2D eigenvalue weighted by Gasteiger charge is 2.22. The first-order valence-corrected chi connectivity index (χ1v) is 12.0. The SMILES string of the molecule is O=C(CSc1nnc(N2CCCC2)n1Cc1ccco1)Nc1ccccc1-c1ccccc1. The van der Waals surface area contributed by atoms with E-state index in [0.29, 0.717) is 11.7 Å². The van der Waals surface area contributed by atoms with E-state index in [2.05, 4.69) is 20.4 Å². The molecule has 3 heterocycles. The maximum absolute atomic E-state index is 12.8. The van der Waals surface area contributed by atoms with E-state index < -0.39 is 0 Å². The van der Waals surface area contributed by atoms with Gasteiger partial charge in [0.25, 0.3) is 0 Å². The highest BCUT2D eigenvalue weighted by molar-refractivity contribution is 7.99. The molecule has 33 heavy (non-hydrogen) atoms. The van der Waals surface area contributed by atoms with Crippen molar-refractivity contribution < 1.29 is 9.21 Å². The number of nitrogens with one attached hydrogen (secondary N) is 1. The molecular weight excluding hydrogens is 434 g/mol. The maximum Gasteiger partial charge on any atom is 0.234 e. The molecule has 1 amide bonds. The predicted octanol–water partition coefficient (Wildman–Crippen LogP) is 4.92. The van der Waals surface area contributed by atoms with Crippen LogP contribution in [0, 0.1) is 0 Å². The molecule has 2 aromatic carbocycles. The number of benzene rings is 2. The number of thioether (sulfide) groups is 1. The Labute approximate surface area is 196 Å². The van der Waals surface area contributed by atoms with Crippen molar-refractivity contribution >= 4 is 29.3 Å². The standard InChI is InChI=1S/C25H25N5O2S/c31-23(26-22-13-5-4-12-21(22)19-9-2-1-3-10-19)18-33-25-28-27-24(29-14-6-7-15-29)30(25)17-20-11-8-16-32-20/h1-5,8-13,16H,6-7,14-15,17-18H2,(H,26,31). The molecule has 0 spiro atoms. The van der Waals surface area contributed by atoms with Crippen LogP contribution in [0.25, 0.3) is 11.1 Å². The zero-order valence-corrected chi connectivity index (χ0v) is 19.0. The number of para-hydroxylation sites is 1. The number of amides is 1. The zero-order valence-electron chi connectivity index (χ0n) is 18.2. The molecule has 0 saturated carbocycles. The Morgan fingerprint density at radius 1 is 0.970 bits per heavy atom. The van der Waals surface area contributed by atoms with Crippen LogP contribution in [0.1, 0.15) is 18.6 Å². The smallest absolute Gasteiger partial charge is 0.234 e. The van der Waals surface area contributed by atoms with Gasteiger partial charge in [0.2, 0.25) is 11.9 Å². The number of hydrogen-bond donors (Lipinski definition) is 1. The highest BCUT2D eigenvalue weighted by Crippen LogP contribution is 2.29. The van der Waals surface area contributed by atoms with E-state index in [9.17, 15) is 4.79 Å². The highest BCUT2D eigenvalue weighted by atomic mass is 32.2. The average molecular weight is 460 g/mol. The van der Waals surface area contributed by atoms with Crippen molar-refractivity contribution in [3.63, 3.8) is 0 Å². The first kappa shape index (κ1) is 21.3. The molecule has 1 fully saturated rings. The lowest BCUT2D eigenvalue weighted by Crippen LogP contribution is -2.23. The first-order valence-electron chi connectivity index (χ1n) is 11.1. The van der Waals surface area contributed by atoms with Crippen molar-refractivity contribution in [3.8, 4) is 11.1 Å². The summed E-state index contributed by atoms with van der Waals surface area (Å²) in [7, 11) is 0. The fraction of sp³-hybridized carbons (Fsp3) is 0.240. The molecule has 0 bridgehead atoms. The van der Waals surface area contributed by atoms with Crippen molar-refractivity contribution in [3.05, 3.63) is 78.8 Å². The number of anilines is 2. The second-order valence-corrected chi connectivity index (χ2v) is 8.83. The molecule has 2 aromatic heterocycles. The van der Waals surface area contributed by atoms with Gasteiger partial charge in [-0.3, -0.25) is 9.36 Å². The van der Waals surface area contributed by atoms with Gasteiger partial charge in [-0.15, -0.1) is 10.2 Å². The van der Waals surface area contributed by atoms with Crippen LogP contribution in [0.5, 0.6) is 0 Å². The molecule has 1 aliphatic heterocycles. The Morgan fingerprint density at radius 2 is 1.76 bits per heavy atom. The Hall–Kier alpha value is -3.52. The maximum atomic E-state index is 12.8. The minimum Gasteiger partial charge on any atom is -0.467 e. The summed E-state index contributed by atoms with van der Waals surface area (Å²) in [5, 5.41) is 12.6. The molecule has 0 atom stereocenters. The zero-order chi connectivity index (χ0) is 22.5. The number of rotatable bonds is 8. The van der Waals surface area contributed by atoms with E-state index in [0.717, 1.165) is 54.5 Å². The summed E-state index contributed by atoms with van der Waals surface area (Å²) in [6.45, 7) is 2.47. The minimum absolute atomic E-state index is 0.0846. The van der Waals surface area contributed by atoms with Crippen molar-refractivity contribution in [1.82, 2.24) is 14.8 Å². The quantitative estimate of drug-likeness (QED) is 0.377. The molecule has 0 radical (unpaired) electrons. The second kappa shape index (κ2) is 9.95. The topological polar surface area (TPSA) is 76.2 Å². The van der Waals surface area contributed by atoms with E-state index in [4.69, 9.17) is 4.42 Å². The molecular formula is C25H25N5O2S. The van der Waals surface area contributed by atoms with Crippen molar-refractivity contribution in [1.29, 1.82) is 0 Å². The molecule has 4 aromatic rings. The van der Waals surface area contributed by atoms with Gasteiger partial charge < -0.3 is 14.6 Å². The summed E-state index contributed by atoms with van der Waals surface area (Å²) in [6.07, 6.45) is 3.97. The van der Waals surface area contributed by atoms with E-state index in [1.54, 1.807) is 6.26 Å². The molecule has 7 nitrogen and oxygen atoms in total. The van der Waals surface area contributed by atoms with Gasteiger partial charge in [0.15, 0.2) is 5.16 Å². The van der Waals surface area contributed by atoms with Crippen molar-refractivity contribution in [2.24, 2.45) is 0 Å². The summed E-state index contributed by atoms with van der Waals surface area (Å²) < 4.78 is 7.60. The lowest BCUT2D eigenvalue weighted by molar-refractivity contribution is -0.113. The van der Waals surface area contributed by atoms with Gasteiger partial charge in [-0.1, -0.05) is 60.3 Å². The van der Waals surface area contributed by atoms with Gasteiger partial charge in [-0.2, -0.15) is 0 Å². The van der Waals surface area contributed by atoms with Gasteiger partial charge in [0.1, 0.15) is 5.76 Å². The van der Waals surface area contributed by atoms with Crippen LogP contribution in [0.4, 0.5) is 11.6 Å². The molecule has 1 N–H and O–H groups in total. The molecule has 0 aliphatic carbocycles. The Balaban J connectivity index is 1.30. The molecule has 8 heteroatoms. The van der Waals surface area contributed by atoms with Crippen LogP contribution in [0.15, 0.2) is 82.6 Å². The number of carbonyl (C=O) groups is 1. The summed E-state index contributed by atoms with van der Waals surface area (Å²) in [4.78, 5) is 15.1. The van der Waals surface area contributed by atoms with Gasteiger partial charge in [-0.25, -0.2) is 0 Å². The van der Waals surface area contributed by atoms with Crippen molar-refractivity contribution in [2.75, 3.05) is 29.1 Å². The van der Waals surface area contributed by atoms with Crippen LogP contribution >= 0.6 is 11.8 Å². The summed E-state index contributed by atoms with van der Waals surface area (Å²) in [6, 6.07) is 21.7. The summed E-state index contributed by atoms with van der Waals surface area (Å²) in [5.41, 5.74) is 2.85. The van der Waals surface area contributed by atoms with Gasteiger partial charge in [-0.05, 0) is 36.6 Å². The fourth-order valence-corrected chi connectivity index (χ4v) is 4.75. The number of hydrogen-bond acceptors (Lipinski definition) is 6. The van der Waals surface area contributed by atoms with E-state index >= 15 is 0 Å². The van der Waals surface area contributed by atoms with E-state index in [1.165, 1.54) is 11.8 Å². The van der Waals surface area contributed by atoms with Crippen molar-refractivity contribution in [2.45, 2.75) is 24.5 Å². The van der Waals surface area contributed by atoms with Gasteiger partial charge in [0, 0.05) is 24.3 Å². The lowest BCUT2D eigenvalue weighted by Gasteiger charge is -2.17. The second-order valence-electron chi connectivity index (χ2n) is 7.89. The fourth-order valence-electron chi connectivity index (χ4n) is 4.01. The van der Waals surface area contributed by atoms with Gasteiger partial charge >= 0.3 is 0 Å². The lowest BCUT2D eigenvalue weighted by atomic mass is 10.0. The molecule has 0 unspecified atom stereocenters. The number of furan rings is 1. The Kier molecular flexibility index (Phi) is 6.44. The van der Waals surface area contributed by atoms with Crippen LogP contribution < -0.4 is 10.2 Å². The van der Waals surface area contributed by atoms with E-state index in [-0.39, 0.29) is 11.7 Å². The summed E-state index contributed by atoms with van der Waals surface area (Å²) >= 11 is 1.39. The monoisotopic (exact) mass is 459 g/mol. The number of aromatic nitrogens is 3. The Bertz CT molecular complexity index is 1200. The van der Waals surface area contributed by atoms with Crippen LogP contribution in [0.3, 0.4) is 0 Å². The molecule has 1 aliphatic rings. The third-order valence-corrected chi connectivity index (χ3v) is 6.57.